The van der Waals surface area contributed by atoms with E-state index < -0.39 is 47.9 Å². The van der Waals surface area contributed by atoms with Gasteiger partial charge in [0.15, 0.2) is 0 Å². The molecule has 13 heteroatoms. The highest BCUT2D eigenvalue weighted by Gasteiger charge is 2.25. The van der Waals surface area contributed by atoms with Crippen LogP contribution in [-0.2, 0) is 24.0 Å². The number of aliphatic hydroxyl groups is 1. The number of aliphatic hydroxyl groups excluding tert-OH is 1. The number of carboxylic acid groups (broad SMARTS) is 2. The Bertz CT molecular complexity index is 1010. The Balaban J connectivity index is 0.00000904. The molecule has 6 atom stereocenters. The van der Waals surface area contributed by atoms with Crippen LogP contribution in [0.15, 0.2) is 30.3 Å². The number of benzene rings is 1. The van der Waals surface area contributed by atoms with Crippen molar-refractivity contribution >= 4 is 29.7 Å². The predicted octanol–water partition coefficient (Wildman–Crippen LogP) is 2.06. The zero-order valence-corrected chi connectivity index (χ0v) is 26.6. The van der Waals surface area contributed by atoms with Crippen molar-refractivity contribution < 1.29 is 44.0 Å². The van der Waals surface area contributed by atoms with Crippen LogP contribution >= 0.6 is 0 Å². The lowest BCUT2D eigenvalue weighted by Gasteiger charge is -2.21. The molecule has 0 heterocycles. The lowest BCUT2D eigenvalue weighted by Crippen LogP contribution is -2.50. The first-order valence-corrected chi connectivity index (χ1v) is 15.2. The SMILES string of the molecule is CC.CC(COc1ccccc1)CC(C)CC(=O)NC(C)C(=O)NC(CCC(=O)NC(CO)CCCC(N)C(=O)O)C(=O)O. The molecule has 0 aliphatic carbocycles. The lowest BCUT2D eigenvalue weighted by atomic mass is 9.95. The van der Waals surface area contributed by atoms with Crippen LogP contribution in [0.25, 0.3) is 0 Å². The third kappa shape index (κ3) is 18.1. The molecule has 1 aromatic rings. The lowest BCUT2D eigenvalue weighted by molar-refractivity contribution is -0.142. The van der Waals surface area contributed by atoms with Crippen LogP contribution in [-0.4, -0.2) is 82.4 Å². The second kappa shape index (κ2) is 22.8. The van der Waals surface area contributed by atoms with Gasteiger partial charge in [0.25, 0.3) is 0 Å². The van der Waals surface area contributed by atoms with E-state index in [1.165, 1.54) is 6.92 Å². The highest BCUT2D eigenvalue weighted by molar-refractivity contribution is 5.90. The van der Waals surface area contributed by atoms with Crippen LogP contribution in [0.3, 0.4) is 0 Å². The van der Waals surface area contributed by atoms with Gasteiger partial charge in [-0.05, 0) is 63.0 Å². The van der Waals surface area contributed by atoms with Gasteiger partial charge in [-0.25, -0.2) is 4.79 Å². The number of aliphatic carboxylic acids is 2. The largest absolute Gasteiger partial charge is 0.493 e. The van der Waals surface area contributed by atoms with Gasteiger partial charge < -0.3 is 41.7 Å². The zero-order chi connectivity index (χ0) is 33.7. The number of amides is 3. The van der Waals surface area contributed by atoms with E-state index in [0.29, 0.717) is 19.4 Å². The molecule has 0 aromatic heterocycles. The number of nitrogens with two attached hydrogens (primary N) is 1. The second-order valence-corrected chi connectivity index (χ2v) is 10.8. The Kier molecular flexibility index (Phi) is 20.9. The summed E-state index contributed by atoms with van der Waals surface area (Å²) in [5, 5.41) is 35.3. The van der Waals surface area contributed by atoms with Gasteiger partial charge in [-0.15, -0.1) is 0 Å². The molecule has 0 bridgehead atoms. The fourth-order valence-electron chi connectivity index (χ4n) is 4.32. The van der Waals surface area contributed by atoms with E-state index in [2.05, 4.69) is 16.0 Å². The van der Waals surface area contributed by atoms with Crippen LogP contribution in [0, 0.1) is 11.8 Å². The van der Waals surface area contributed by atoms with Crippen molar-refractivity contribution in [2.75, 3.05) is 13.2 Å². The van der Waals surface area contributed by atoms with Gasteiger partial charge in [0, 0.05) is 12.8 Å². The third-order valence-corrected chi connectivity index (χ3v) is 6.63. The van der Waals surface area contributed by atoms with Crippen LogP contribution in [0.4, 0.5) is 0 Å². The van der Waals surface area contributed by atoms with Gasteiger partial charge >= 0.3 is 11.9 Å². The number of rotatable bonds is 21. The molecule has 0 spiro atoms. The molecular formula is C31H52N4O9. The molecule has 3 amide bonds. The van der Waals surface area contributed by atoms with E-state index in [1.807, 2.05) is 58.0 Å². The monoisotopic (exact) mass is 624 g/mol. The van der Waals surface area contributed by atoms with E-state index in [9.17, 15) is 34.2 Å². The zero-order valence-electron chi connectivity index (χ0n) is 26.6. The summed E-state index contributed by atoms with van der Waals surface area (Å²) in [6.07, 6.45) is 1.28. The number of ether oxygens (including phenoxy) is 1. The van der Waals surface area contributed by atoms with E-state index in [0.717, 1.165) is 12.2 Å². The number of hydrogen-bond acceptors (Lipinski definition) is 8. The van der Waals surface area contributed by atoms with Crippen molar-refractivity contribution in [3.8, 4) is 5.75 Å². The van der Waals surface area contributed by atoms with Crippen molar-refractivity contribution in [3.63, 3.8) is 0 Å². The smallest absolute Gasteiger partial charge is 0.326 e. The third-order valence-electron chi connectivity index (χ3n) is 6.63. The minimum absolute atomic E-state index is 0.0246. The highest BCUT2D eigenvalue weighted by Crippen LogP contribution is 2.17. The van der Waals surface area contributed by atoms with Gasteiger partial charge in [-0.2, -0.15) is 0 Å². The van der Waals surface area contributed by atoms with Gasteiger partial charge in [0.1, 0.15) is 23.9 Å². The average Bonchev–Trinajstić information content (AvgIpc) is 2.98. The predicted molar refractivity (Wildman–Crippen MR) is 166 cm³/mol. The van der Waals surface area contributed by atoms with Gasteiger partial charge in [-0.1, -0.05) is 45.9 Å². The van der Waals surface area contributed by atoms with Gasteiger partial charge in [-0.3, -0.25) is 19.2 Å². The Morgan fingerprint density at radius 3 is 2.05 bits per heavy atom. The molecule has 0 radical (unpaired) electrons. The number of para-hydroxylation sites is 1. The summed E-state index contributed by atoms with van der Waals surface area (Å²) in [7, 11) is 0. The van der Waals surface area contributed by atoms with E-state index in [-0.39, 0.29) is 50.0 Å². The first-order chi connectivity index (χ1) is 20.8. The topological polar surface area (TPSA) is 217 Å². The summed E-state index contributed by atoms with van der Waals surface area (Å²) in [5.41, 5.74) is 5.44. The average molecular weight is 625 g/mol. The highest BCUT2D eigenvalue weighted by atomic mass is 16.5. The van der Waals surface area contributed by atoms with E-state index in [4.69, 9.17) is 15.6 Å². The van der Waals surface area contributed by atoms with E-state index in [1.54, 1.807) is 0 Å². The molecule has 1 aromatic carbocycles. The Morgan fingerprint density at radius 2 is 1.48 bits per heavy atom. The molecule has 0 aliphatic heterocycles. The fraction of sp³-hybridized carbons (Fsp3) is 0.645. The van der Waals surface area contributed by atoms with Crippen LogP contribution in [0.1, 0.15) is 79.6 Å². The maximum Gasteiger partial charge on any atom is 0.326 e. The summed E-state index contributed by atoms with van der Waals surface area (Å²) in [5.74, 6) is -3.04. The Morgan fingerprint density at radius 1 is 0.841 bits per heavy atom. The van der Waals surface area contributed by atoms with Crippen molar-refractivity contribution in [3.05, 3.63) is 30.3 Å². The standard InChI is InChI=1S/C29H46N4O9.C2H6/c1-18(14-19(2)17-42-22-9-5-4-6-10-22)15-26(36)31-20(3)27(37)33-24(29(40)41)12-13-25(35)32-21(16-34)8-7-11-23(30)28(38)39;1-2/h4-6,9-10,18-21,23-24,34H,7-8,11-17,30H2,1-3H3,(H,31,36)(H,32,35)(H,33,37)(H,38,39)(H,40,41);1-2H3. The first-order valence-electron chi connectivity index (χ1n) is 15.2. The number of nitrogens with one attached hydrogen (secondary N) is 3. The normalized spacial score (nSPS) is 14.7. The summed E-state index contributed by atoms with van der Waals surface area (Å²) in [6.45, 7) is 9.53. The first kappa shape index (κ1) is 40.3. The minimum atomic E-state index is -1.37. The molecular weight excluding hydrogens is 572 g/mol. The maximum absolute atomic E-state index is 12.6. The van der Waals surface area contributed by atoms with Gasteiger partial charge in [0.2, 0.25) is 17.7 Å². The number of carboxylic acids is 2. The second-order valence-electron chi connectivity index (χ2n) is 10.8. The minimum Gasteiger partial charge on any atom is -0.493 e. The van der Waals surface area contributed by atoms with Crippen LogP contribution in [0.2, 0.25) is 0 Å². The Labute approximate surface area is 260 Å². The van der Waals surface area contributed by atoms with E-state index >= 15 is 0 Å². The molecule has 8 N–H and O–H groups in total. The fourth-order valence-corrected chi connectivity index (χ4v) is 4.32. The summed E-state index contributed by atoms with van der Waals surface area (Å²) >= 11 is 0. The Hall–Kier alpha value is -3.71. The van der Waals surface area contributed by atoms with Crippen molar-refractivity contribution in [1.29, 1.82) is 0 Å². The quantitative estimate of drug-likeness (QED) is 0.106. The molecule has 13 nitrogen and oxygen atoms in total. The molecule has 0 saturated heterocycles. The number of carbonyl (C=O) groups is 5. The maximum atomic E-state index is 12.6. The van der Waals surface area contributed by atoms with Crippen molar-refractivity contribution in [2.24, 2.45) is 17.6 Å². The van der Waals surface area contributed by atoms with Crippen LogP contribution < -0.4 is 26.4 Å². The number of carbonyl (C=O) groups excluding carboxylic acids is 3. The summed E-state index contributed by atoms with van der Waals surface area (Å²) < 4.78 is 5.76. The van der Waals surface area contributed by atoms with Crippen molar-refractivity contribution in [1.82, 2.24) is 16.0 Å². The summed E-state index contributed by atoms with van der Waals surface area (Å²) in [6, 6.07) is 5.39. The molecule has 1 rings (SSSR count). The van der Waals surface area contributed by atoms with Crippen molar-refractivity contribution in [2.45, 2.75) is 104 Å². The molecule has 44 heavy (non-hydrogen) atoms. The molecule has 0 aliphatic rings. The summed E-state index contributed by atoms with van der Waals surface area (Å²) in [4.78, 5) is 59.8. The molecule has 250 valence electrons. The van der Waals surface area contributed by atoms with Crippen LogP contribution in [0.5, 0.6) is 5.75 Å². The molecule has 6 unspecified atom stereocenters. The number of hydrogen-bond donors (Lipinski definition) is 7. The molecule has 0 saturated carbocycles. The van der Waals surface area contributed by atoms with Gasteiger partial charge in [0.05, 0.1) is 19.3 Å². The molecule has 0 fully saturated rings.